The number of nitrogens with zero attached hydrogens (tertiary/aromatic N) is 3. The van der Waals surface area contributed by atoms with Gasteiger partial charge in [-0.15, -0.1) is 10.2 Å². The zero-order valence-corrected chi connectivity index (χ0v) is 17.2. The second-order valence-corrected chi connectivity index (χ2v) is 9.53. The summed E-state index contributed by atoms with van der Waals surface area (Å²) in [6.07, 6.45) is 1.22. The minimum absolute atomic E-state index is 0.0641. The van der Waals surface area contributed by atoms with Crippen molar-refractivity contribution in [2.24, 2.45) is 0 Å². The molecule has 0 saturated heterocycles. The number of thioether (sulfide) groups is 1. The lowest BCUT2D eigenvalue weighted by molar-refractivity contribution is 0.414. The van der Waals surface area contributed by atoms with E-state index < -0.39 is 9.84 Å². The maximum Gasteiger partial charge on any atom is 0.196 e. The molecule has 0 aliphatic carbocycles. The third-order valence-corrected chi connectivity index (χ3v) is 6.23. The van der Waals surface area contributed by atoms with Crippen LogP contribution in [0.3, 0.4) is 0 Å². The van der Waals surface area contributed by atoms with Gasteiger partial charge < -0.3 is 4.74 Å². The fourth-order valence-corrected chi connectivity index (χ4v) is 4.80. The topological polar surface area (TPSA) is 74.1 Å². The first-order valence-electron chi connectivity index (χ1n) is 8.04. The minimum atomic E-state index is -3.05. The second-order valence-electron chi connectivity index (χ2n) is 5.80. The molecule has 0 unspecified atom stereocenters. The standard InChI is InChI=1S/C18H18ClN3O3S2/c1-25-14-9-7-13(8-10-14)22-17(15-5-3-4-6-16(15)19)20-21-18(22)26-11-12-27(2,23)24/h3-10H,11-12H2,1-2H3. The average molecular weight is 424 g/mol. The predicted octanol–water partition coefficient (Wildman–Crippen LogP) is 3.73. The normalized spacial score (nSPS) is 11.5. The lowest BCUT2D eigenvalue weighted by Gasteiger charge is -2.11. The van der Waals surface area contributed by atoms with E-state index in [0.717, 1.165) is 17.0 Å². The summed E-state index contributed by atoms with van der Waals surface area (Å²) in [6, 6.07) is 14.9. The van der Waals surface area contributed by atoms with Crippen LogP contribution in [0, 0.1) is 0 Å². The van der Waals surface area contributed by atoms with Crippen molar-refractivity contribution in [3.63, 3.8) is 0 Å². The van der Waals surface area contributed by atoms with Gasteiger partial charge in [0.2, 0.25) is 0 Å². The minimum Gasteiger partial charge on any atom is -0.497 e. The molecule has 0 amide bonds. The number of aromatic nitrogens is 3. The molecule has 0 fully saturated rings. The third-order valence-electron chi connectivity index (χ3n) is 3.76. The first-order chi connectivity index (χ1) is 12.9. The van der Waals surface area contributed by atoms with E-state index in [2.05, 4.69) is 10.2 Å². The molecule has 1 heterocycles. The van der Waals surface area contributed by atoms with Gasteiger partial charge in [-0.3, -0.25) is 4.57 Å². The number of rotatable bonds is 7. The largest absolute Gasteiger partial charge is 0.497 e. The van der Waals surface area contributed by atoms with E-state index in [-0.39, 0.29) is 5.75 Å². The number of methoxy groups -OCH3 is 1. The van der Waals surface area contributed by atoms with E-state index in [1.54, 1.807) is 13.2 Å². The Bertz CT molecular complexity index is 1030. The van der Waals surface area contributed by atoms with E-state index in [4.69, 9.17) is 16.3 Å². The molecule has 0 atom stereocenters. The van der Waals surface area contributed by atoms with Crippen LogP contribution in [0.2, 0.25) is 5.02 Å². The number of hydrogen-bond donors (Lipinski definition) is 0. The van der Waals surface area contributed by atoms with Crippen LogP contribution in [0.25, 0.3) is 17.1 Å². The van der Waals surface area contributed by atoms with Gasteiger partial charge >= 0.3 is 0 Å². The molecule has 0 aliphatic rings. The van der Waals surface area contributed by atoms with Gasteiger partial charge in [0.25, 0.3) is 0 Å². The van der Waals surface area contributed by atoms with E-state index in [1.165, 1.54) is 18.0 Å². The molecule has 0 radical (unpaired) electrons. The van der Waals surface area contributed by atoms with Crippen molar-refractivity contribution < 1.29 is 13.2 Å². The van der Waals surface area contributed by atoms with Crippen LogP contribution in [-0.4, -0.2) is 48.1 Å². The average Bonchev–Trinajstić information content (AvgIpc) is 3.05. The number of hydrogen-bond acceptors (Lipinski definition) is 6. The van der Waals surface area contributed by atoms with Gasteiger partial charge in [-0.1, -0.05) is 35.5 Å². The SMILES string of the molecule is COc1ccc(-n2c(SCCS(C)(=O)=O)nnc2-c2ccccc2Cl)cc1. The third kappa shape index (κ3) is 4.82. The molecule has 0 saturated carbocycles. The van der Waals surface area contributed by atoms with E-state index in [0.29, 0.717) is 21.8 Å². The Morgan fingerprint density at radius 2 is 1.81 bits per heavy atom. The Balaban J connectivity index is 2.04. The molecule has 0 N–H and O–H groups in total. The highest BCUT2D eigenvalue weighted by Gasteiger charge is 2.18. The highest BCUT2D eigenvalue weighted by molar-refractivity contribution is 8.00. The second kappa shape index (κ2) is 8.33. The van der Waals surface area contributed by atoms with Gasteiger partial charge in [0.05, 0.1) is 17.9 Å². The fraction of sp³-hybridized carbons (Fsp3) is 0.222. The molecule has 6 nitrogen and oxygen atoms in total. The summed E-state index contributed by atoms with van der Waals surface area (Å²) in [7, 11) is -1.44. The Hall–Kier alpha value is -2.03. The molecule has 9 heteroatoms. The molecular weight excluding hydrogens is 406 g/mol. The van der Waals surface area contributed by atoms with Crippen LogP contribution >= 0.6 is 23.4 Å². The van der Waals surface area contributed by atoms with Crippen molar-refractivity contribution in [3.05, 3.63) is 53.6 Å². The first kappa shape index (κ1) is 19.7. The van der Waals surface area contributed by atoms with E-state index >= 15 is 0 Å². The lowest BCUT2D eigenvalue weighted by atomic mass is 10.2. The van der Waals surface area contributed by atoms with Gasteiger partial charge in [-0.25, -0.2) is 8.42 Å². The lowest BCUT2D eigenvalue weighted by Crippen LogP contribution is -2.06. The molecule has 3 rings (SSSR count). The molecule has 0 bridgehead atoms. The molecule has 1 aromatic heterocycles. The van der Waals surface area contributed by atoms with Crippen LogP contribution in [-0.2, 0) is 9.84 Å². The molecule has 3 aromatic rings. The Kier molecular flexibility index (Phi) is 6.08. The van der Waals surface area contributed by atoms with Crippen molar-refractivity contribution >= 4 is 33.2 Å². The van der Waals surface area contributed by atoms with Crippen LogP contribution in [0.4, 0.5) is 0 Å². The van der Waals surface area contributed by atoms with E-state index in [1.807, 2.05) is 47.0 Å². The van der Waals surface area contributed by atoms with Crippen molar-refractivity contribution in [1.82, 2.24) is 14.8 Å². The van der Waals surface area contributed by atoms with Crippen LogP contribution in [0.1, 0.15) is 0 Å². The van der Waals surface area contributed by atoms with Crippen molar-refractivity contribution in [2.75, 3.05) is 24.9 Å². The Morgan fingerprint density at radius 3 is 2.44 bits per heavy atom. The molecule has 0 aliphatic heterocycles. The summed E-state index contributed by atoms with van der Waals surface area (Å²) >= 11 is 7.69. The number of sulfone groups is 1. The quantitative estimate of drug-likeness (QED) is 0.539. The number of benzene rings is 2. The van der Waals surface area contributed by atoms with Crippen molar-refractivity contribution in [1.29, 1.82) is 0 Å². The number of ether oxygens (including phenoxy) is 1. The summed E-state index contributed by atoms with van der Waals surface area (Å²) in [5.74, 6) is 1.77. The Labute approximate surface area is 167 Å². The summed E-state index contributed by atoms with van der Waals surface area (Å²) in [5, 5.41) is 9.73. The van der Waals surface area contributed by atoms with Gasteiger partial charge in [-0.2, -0.15) is 0 Å². The maximum atomic E-state index is 11.4. The molecule has 27 heavy (non-hydrogen) atoms. The van der Waals surface area contributed by atoms with Crippen molar-refractivity contribution in [3.8, 4) is 22.8 Å². The summed E-state index contributed by atoms with van der Waals surface area (Å²) in [5.41, 5.74) is 1.58. The fourth-order valence-electron chi connectivity index (χ4n) is 2.43. The highest BCUT2D eigenvalue weighted by Crippen LogP contribution is 2.32. The van der Waals surface area contributed by atoms with Crippen LogP contribution in [0.15, 0.2) is 53.7 Å². The van der Waals surface area contributed by atoms with Gasteiger partial charge in [0.1, 0.15) is 15.6 Å². The van der Waals surface area contributed by atoms with Crippen molar-refractivity contribution in [2.45, 2.75) is 5.16 Å². The predicted molar refractivity (Wildman–Crippen MR) is 109 cm³/mol. The van der Waals surface area contributed by atoms with Crippen LogP contribution < -0.4 is 4.74 Å². The molecule has 2 aromatic carbocycles. The smallest absolute Gasteiger partial charge is 0.196 e. The zero-order valence-electron chi connectivity index (χ0n) is 14.8. The number of halogens is 1. The highest BCUT2D eigenvalue weighted by atomic mass is 35.5. The monoisotopic (exact) mass is 423 g/mol. The van der Waals surface area contributed by atoms with E-state index in [9.17, 15) is 8.42 Å². The molecular formula is C18H18ClN3O3S2. The zero-order chi connectivity index (χ0) is 19.4. The first-order valence-corrected chi connectivity index (χ1v) is 11.5. The molecule has 142 valence electrons. The van der Waals surface area contributed by atoms with Crippen LogP contribution in [0.5, 0.6) is 5.75 Å². The van der Waals surface area contributed by atoms with Gasteiger partial charge in [-0.05, 0) is 36.4 Å². The van der Waals surface area contributed by atoms with Gasteiger partial charge in [0.15, 0.2) is 11.0 Å². The maximum absolute atomic E-state index is 11.4. The summed E-state index contributed by atoms with van der Waals surface area (Å²) < 4.78 is 29.9. The molecule has 0 spiro atoms. The Morgan fingerprint density at radius 1 is 1.11 bits per heavy atom. The summed E-state index contributed by atoms with van der Waals surface area (Å²) in [4.78, 5) is 0. The summed E-state index contributed by atoms with van der Waals surface area (Å²) in [6.45, 7) is 0. The van der Waals surface area contributed by atoms with Gasteiger partial charge in [0, 0.05) is 23.3 Å².